The van der Waals surface area contributed by atoms with Crippen molar-refractivity contribution in [1.82, 2.24) is 0 Å². The number of benzene rings is 4. The highest BCUT2D eigenvalue weighted by atomic mass is 14.5. The van der Waals surface area contributed by atoms with E-state index in [9.17, 15) is 0 Å². The third kappa shape index (κ3) is 4.32. The summed E-state index contributed by atoms with van der Waals surface area (Å²) in [5.74, 6) is 0. The number of nitrogens with two attached hydrogens (primary N) is 1. The molecule has 0 aromatic heterocycles. The Morgan fingerprint density at radius 1 is 0.536 bits per heavy atom. The maximum Gasteiger partial charge on any atom is 0.0319 e. The maximum absolute atomic E-state index is 5.98. The Bertz CT molecular complexity index is 1040. The molecule has 0 unspecified atom stereocenters. The van der Waals surface area contributed by atoms with Crippen LogP contribution in [0.4, 0.5) is 5.69 Å². The van der Waals surface area contributed by atoms with Crippen molar-refractivity contribution < 1.29 is 0 Å². The highest BCUT2D eigenvalue weighted by molar-refractivity contribution is 5.70. The summed E-state index contributed by atoms with van der Waals surface area (Å²) in [5, 5.41) is 0. The van der Waals surface area contributed by atoms with Crippen LogP contribution in [-0.2, 0) is 12.8 Å². The van der Waals surface area contributed by atoms with Gasteiger partial charge in [0, 0.05) is 5.69 Å². The largest absolute Gasteiger partial charge is 0.399 e. The van der Waals surface area contributed by atoms with E-state index < -0.39 is 0 Å². The second-order valence-corrected chi connectivity index (χ2v) is 7.40. The predicted molar refractivity (Wildman–Crippen MR) is 120 cm³/mol. The SMILES string of the molecule is Cc1cc(N)cc(CCc2cccc(-c3ccc(-c4ccccc4)cc3)c2)c1. The Labute approximate surface area is 167 Å². The summed E-state index contributed by atoms with van der Waals surface area (Å²) in [6.07, 6.45) is 2.01. The summed E-state index contributed by atoms with van der Waals surface area (Å²) in [6, 6.07) is 34.5. The zero-order valence-corrected chi connectivity index (χ0v) is 16.2. The first kappa shape index (κ1) is 18.1. The van der Waals surface area contributed by atoms with Crippen LogP contribution in [-0.4, -0.2) is 0 Å². The number of anilines is 1. The van der Waals surface area contributed by atoms with Crippen LogP contribution >= 0.6 is 0 Å². The van der Waals surface area contributed by atoms with E-state index in [-0.39, 0.29) is 0 Å². The Morgan fingerprint density at radius 2 is 1.14 bits per heavy atom. The minimum atomic E-state index is 0.849. The minimum absolute atomic E-state index is 0.849. The van der Waals surface area contributed by atoms with Crippen molar-refractivity contribution in [2.75, 3.05) is 5.73 Å². The topological polar surface area (TPSA) is 26.0 Å². The monoisotopic (exact) mass is 363 g/mol. The van der Waals surface area contributed by atoms with E-state index in [0.29, 0.717) is 0 Å². The molecule has 0 radical (unpaired) electrons. The third-order valence-corrected chi connectivity index (χ3v) is 5.11. The van der Waals surface area contributed by atoms with Crippen molar-refractivity contribution in [1.29, 1.82) is 0 Å². The lowest BCUT2D eigenvalue weighted by Gasteiger charge is -2.08. The summed E-state index contributed by atoms with van der Waals surface area (Å²) >= 11 is 0. The number of aryl methyl sites for hydroxylation is 3. The van der Waals surface area contributed by atoms with E-state index in [1.54, 1.807) is 0 Å². The summed E-state index contributed by atoms with van der Waals surface area (Å²) < 4.78 is 0. The number of rotatable bonds is 5. The van der Waals surface area contributed by atoms with Gasteiger partial charge in [0.05, 0.1) is 0 Å². The van der Waals surface area contributed by atoms with Gasteiger partial charge in [-0.3, -0.25) is 0 Å². The Hall–Kier alpha value is -3.32. The molecule has 0 atom stereocenters. The van der Waals surface area contributed by atoms with Gasteiger partial charge in [0.15, 0.2) is 0 Å². The molecule has 1 heteroatoms. The average Bonchev–Trinajstić information content (AvgIpc) is 2.73. The molecule has 0 saturated carbocycles. The van der Waals surface area contributed by atoms with Crippen LogP contribution in [0.5, 0.6) is 0 Å². The average molecular weight is 364 g/mol. The van der Waals surface area contributed by atoms with Crippen LogP contribution in [0.1, 0.15) is 16.7 Å². The number of hydrogen-bond donors (Lipinski definition) is 1. The molecule has 0 saturated heterocycles. The van der Waals surface area contributed by atoms with Crippen molar-refractivity contribution >= 4 is 5.69 Å². The molecule has 2 N–H and O–H groups in total. The lowest BCUT2D eigenvalue weighted by Crippen LogP contribution is -1.95. The quantitative estimate of drug-likeness (QED) is 0.392. The molecular weight excluding hydrogens is 338 g/mol. The van der Waals surface area contributed by atoms with E-state index in [1.165, 1.54) is 38.9 Å². The Kier molecular flexibility index (Phi) is 5.25. The minimum Gasteiger partial charge on any atom is -0.399 e. The van der Waals surface area contributed by atoms with Crippen molar-refractivity contribution in [2.45, 2.75) is 19.8 Å². The highest BCUT2D eigenvalue weighted by Crippen LogP contribution is 2.26. The van der Waals surface area contributed by atoms with Crippen LogP contribution in [0.15, 0.2) is 97.1 Å². The molecule has 1 nitrogen and oxygen atoms in total. The fourth-order valence-corrected chi connectivity index (χ4v) is 3.72. The van der Waals surface area contributed by atoms with E-state index >= 15 is 0 Å². The van der Waals surface area contributed by atoms with Crippen LogP contribution in [0, 0.1) is 6.92 Å². The van der Waals surface area contributed by atoms with Gasteiger partial charge in [-0.05, 0) is 70.8 Å². The first-order valence-corrected chi connectivity index (χ1v) is 9.78. The van der Waals surface area contributed by atoms with Crippen molar-refractivity contribution in [3.05, 3.63) is 114 Å². The Balaban J connectivity index is 1.50. The van der Waals surface area contributed by atoms with E-state index in [0.717, 1.165) is 18.5 Å². The van der Waals surface area contributed by atoms with Gasteiger partial charge >= 0.3 is 0 Å². The van der Waals surface area contributed by atoms with Gasteiger partial charge < -0.3 is 5.73 Å². The van der Waals surface area contributed by atoms with Crippen LogP contribution in [0.3, 0.4) is 0 Å². The normalized spacial score (nSPS) is 10.8. The molecule has 0 amide bonds. The van der Waals surface area contributed by atoms with Gasteiger partial charge in [0.2, 0.25) is 0 Å². The second-order valence-electron chi connectivity index (χ2n) is 7.40. The number of nitrogen functional groups attached to an aromatic ring is 1. The number of hydrogen-bond acceptors (Lipinski definition) is 1. The molecule has 0 aliphatic rings. The zero-order valence-electron chi connectivity index (χ0n) is 16.2. The summed E-state index contributed by atoms with van der Waals surface area (Å²) in [5.41, 5.74) is 15.7. The molecule has 4 aromatic carbocycles. The van der Waals surface area contributed by atoms with Gasteiger partial charge in [-0.15, -0.1) is 0 Å². The van der Waals surface area contributed by atoms with Gasteiger partial charge in [-0.25, -0.2) is 0 Å². The molecule has 28 heavy (non-hydrogen) atoms. The first-order valence-electron chi connectivity index (χ1n) is 9.78. The zero-order chi connectivity index (χ0) is 19.3. The molecule has 0 heterocycles. The summed E-state index contributed by atoms with van der Waals surface area (Å²) in [7, 11) is 0. The molecular formula is C27H25N. The van der Waals surface area contributed by atoms with E-state index in [4.69, 9.17) is 5.73 Å². The summed E-state index contributed by atoms with van der Waals surface area (Å²) in [6.45, 7) is 2.10. The van der Waals surface area contributed by atoms with Gasteiger partial charge in [-0.1, -0.05) is 84.9 Å². The van der Waals surface area contributed by atoms with E-state index in [2.05, 4.69) is 97.9 Å². The van der Waals surface area contributed by atoms with E-state index in [1.807, 2.05) is 6.07 Å². The molecule has 0 aliphatic heterocycles. The van der Waals surface area contributed by atoms with Crippen molar-refractivity contribution in [3.63, 3.8) is 0 Å². The van der Waals surface area contributed by atoms with Crippen molar-refractivity contribution in [2.24, 2.45) is 0 Å². The fraction of sp³-hybridized carbons (Fsp3) is 0.111. The van der Waals surface area contributed by atoms with Crippen LogP contribution in [0.2, 0.25) is 0 Å². The standard InChI is InChI=1S/C27H25N/c1-20-16-22(19-27(28)17-20)11-10-21-6-5-9-26(18-21)25-14-12-24(13-15-25)23-7-3-2-4-8-23/h2-9,12-19H,10-11,28H2,1H3. The molecule has 4 aromatic rings. The van der Waals surface area contributed by atoms with Gasteiger partial charge in [0.1, 0.15) is 0 Å². The fourth-order valence-electron chi connectivity index (χ4n) is 3.72. The maximum atomic E-state index is 5.98. The highest BCUT2D eigenvalue weighted by Gasteiger charge is 2.03. The van der Waals surface area contributed by atoms with Crippen molar-refractivity contribution in [3.8, 4) is 22.3 Å². The summed E-state index contributed by atoms with van der Waals surface area (Å²) in [4.78, 5) is 0. The lowest BCUT2D eigenvalue weighted by molar-refractivity contribution is 0.959. The molecule has 4 rings (SSSR count). The van der Waals surface area contributed by atoms with Crippen LogP contribution in [0.25, 0.3) is 22.3 Å². The molecule has 0 aliphatic carbocycles. The second kappa shape index (κ2) is 8.14. The smallest absolute Gasteiger partial charge is 0.0319 e. The first-order chi connectivity index (χ1) is 13.7. The van der Waals surface area contributed by atoms with Crippen LogP contribution < -0.4 is 5.73 Å². The molecule has 138 valence electrons. The molecule has 0 fully saturated rings. The molecule has 0 spiro atoms. The van der Waals surface area contributed by atoms with Gasteiger partial charge in [0.25, 0.3) is 0 Å². The van der Waals surface area contributed by atoms with Gasteiger partial charge in [-0.2, -0.15) is 0 Å². The predicted octanol–water partition coefficient (Wildman–Crippen LogP) is 6.70. The Morgan fingerprint density at radius 3 is 1.86 bits per heavy atom. The lowest BCUT2D eigenvalue weighted by atomic mass is 9.97. The molecule has 0 bridgehead atoms. The third-order valence-electron chi connectivity index (χ3n) is 5.11.